The highest BCUT2D eigenvalue weighted by molar-refractivity contribution is 6.26. The summed E-state index contributed by atoms with van der Waals surface area (Å²) in [5, 5.41) is 22.8. The number of nitrogens with zero attached hydrogens (tertiary/aromatic N) is 3. The molecule has 3 aromatic heterocycles. The van der Waals surface area contributed by atoms with Crippen LogP contribution in [0.1, 0.15) is 5.56 Å². The largest absolute Gasteiger partial charge is 0.309 e. The molecule has 3 heteroatoms. The fraction of sp³-hybridized carbons (Fsp3) is 0.00787. The zero-order chi connectivity index (χ0) is 86.1. The van der Waals surface area contributed by atoms with Crippen LogP contribution in [-0.2, 0) is 0 Å². The molecule has 23 aromatic carbocycles. The van der Waals surface area contributed by atoms with E-state index < -0.39 is 0 Å². The van der Waals surface area contributed by atoms with E-state index in [1.54, 1.807) is 0 Å². The van der Waals surface area contributed by atoms with E-state index in [9.17, 15) is 0 Å². The van der Waals surface area contributed by atoms with Gasteiger partial charge in [-0.1, -0.05) is 424 Å². The van der Waals surface area contributed by atoms with Gasteiger partial charge in [-0.05, 0) is 239 Å². The fourth-order valence-electron chi connectivity index (χ4n) is 21.0. The normalized spacial score (nSPS) is 11.6. The molecule has 0 radical (unpaired) electrons. The van der Waals surface area contributed by atoms with Crippen molar-refractivity contribution in [2.24, 2.45) is 0 Å². The second kappa shape index (κ2) is 32.5. The van der Waals surface area contributed by atoms with Crippen LogP contribution in [0.3, 0.4) is 0 Å². The zero-order valence-corrected chi connectivity index (χ0v) is 71.7. The Morgan fingerprint density at radius 3 is 0.631 bits per heavy atom. The first-order valence-electron chi connectivity index (χ1n) is 44.9. The number of aryl methyl sites for hydroxylation is 1. The van der Waals surface area contributed by atoms with Gasteiger partial charge < -0.3 is 13.7 Å². The number of fused-ring (bicyclic) bond motifs is 15. The average Bonchev–Trinajstić information content (AvgIpc) is 0.789. The molecule has 0 aliphatic carbocycles. The van der Waals surface area contributed by atoms with E-state index in [2.05, 4.69) is 518 Å². The molecule has 0 saturated heterocycles. The number of hydrogen-bond acceptors (Lipinski definition) is 0. The summed E-state index contributed by atoms with van der Waals surface area (Å²) in [4.78, 5) is 0. The van der Waals surface area contributed by atoms with Gasteiger partial charge in [-0.25, -0.2) is 0 Å². The van der Waals surface area contributed by atoms with E-state index in [0.29, 0.717) is 0 Å². The van der Waals surface area contributed by atoms with Gasteiger partial charge >= 0.3 is 0 Å². The number of aromatic nitrogens is 3. The standard InChI is InChI=1S/2C44H29N.C39H27N/c1-2-14-30(15-3-1)31-16-12-17-32(28-31)43-37-22-4-6-24-39(37)44(40-25-7-5-23-38(40)43)33-18-13-19-34(29-33)45-41-26-10-8-20-35(41)36-21-9-11-27-42(36)45;1-2-15-30(16-3-1)33-19-4-5-22-36(33)44-39-25-8-6-23-37(39)43(38-24-7-9-26-40(38)44)31-17-14-18-32(29-31)45-41-27-12-10-20-34(41)35-21-11-13-28-42(35)45;1-26-21-23-27(24-22-26)38-32-15-2-4-17-34(32)39(35-18-5-3-16-33(35)38)28-11-10-12-29(25-28)40-36-19-8-6-13-30(36)31-14-7-9-20-37(31)40/h2*1-29H;2-25H,1H3. The Bertz CT molecular complexity index is 8600. The quantitative estimate of drug-likeness (QED) is 0.115. The Kier molecular flexibility index (Phi) is 19.2. The molecule has 3 nitrogen and oxygen atoms in total. The highest BCUT2D eigenvalue weighted by Gasteiger charge is 2.25. The molecular weight excluding hydrogens is 1570 g/mol. The highest BCUT2D eigenvalue weighted by Crippen LogP contribution is 2.51. The lowest BCUT2D eigenvalue weighted by atomic mass is 9.84. The Morgan fingerprint density at radius 1 is 0.123 bits per heavy atom. The Morgan fingerprint density at radius 2 is 0.331 bits per heavy atom. The van der Waals surface area contributed by atoms with Gasteiger partial charge in [-0.2, -0.15) is 0 Å². The van der Waals surface area contributed by atoms with Crippen LogP contribution in [0.4, 0.5) is 0 Å². The van der Waals surface area contributed by atoms with Crippen LogP contribution in [0.5, 0.6) is 0 Å². The lowest BCUT2D eigenvalue weighted by molar-refractivity contribution is 1.18. The Hall–Kier alpha value is -17.0. The van der Waals surface area contributed by atoms with E-state index in [1.165, 1.54) is 230 Å². The van der Waals surface area contributed by atoms with Crippen LogP contribution in [-0.4, -0.2) is 13.7 Å². The second-order valence-corrected chi connectivity index (χ2v) is 34.0. The number of hydrogen-bond donors (Lipinski definition) is 0. The molecule has 26 rings (SSSR count). The topological polar surface area (TPSA) is 14.8 Å². The van der Waals surface area contributed by atoms with Crippen molar-refractivity contribution < 1.29 is 0 Å². The Balaban J connectivity index is 0.000000108. The van der Waals surface area contributed by atoms with Crippen LogP contribution in [0.25, 0.3) is 236 Å². The molecule has 0 aliphatic heterocycles. The minimum Gasteiger partial charge on any atom is -0.309 e. The SMILES string of the molecule is Cc1ccc(-c2c3ccccc3c(-c3cccc(-n4c5ccccc5c5ccccc54)c3)c3ccccc23)cc1.c1ccc(-c2cccc(-c3c4ccccc4c(-c4cccc(-n5c6ccccc6c6ccccc65)c4)c4ccccc34)c2)cc1.c1ccc(-c2ccccc2-c2c3ccccc3c(-c3cccc(-n4c5ccccc5c5ccccc54)c3)c3ccccc23)cc1. The number of rotatable bonds is 11. The molecule has 0 fully saturated rings. The van der Waals surface area contributed by atoms with Crippen molar-refractivity contribution in [2.45, 2.75) is 6.92 Å². The third-order valence-electron chi connectivity index (χ3n) is 26.6. The smallest absolute Gasteiger partial charge is 0.0541 e. The fourth-order valence-corrected chi connectivity index (χ4v) is 21.0. The second-order valence-electron chi connectivity index (χ2n) is 34.0. The molecule has 0 unspecified atom stereocenters. The predicted molar refractivity (Wildman–Crippen MR) is 556 cm³/mol. The summed E-state index contributed by atoms with van der Waals surface area (Å²) in [6, 6.07) is 181. The maximum absolute atomic E-state index is 2.41. The summed E-state index contributed by atoms with van der Waals surface area (Å²) in [6.07, 6.45) is 0. The average molecular weight is 1650 g/mol. The van der Waals surface area contributed by atoms with Gasteiger partial charge in [-0.3, -0.25) is 0 Å². The number of benzene rings is 23. The Labute approximate surface area is 754 Å². The van der Waals surface area contributed by atoms with Gasteiger partial charge in [0.1, 0.15) is 0 Å². The van der Waals surface area contributed by atoms with Crippen molar-refractivity contribution in [2.75, 3.05) is 0 Å². The van der Waals surface area contributed by atoms with Crippen molar-refractivity contribution in [1.82, 2.24) is 13.7 Å². The van der Waals surface area contributed by atoms with Crippen molar-refractivity contribution in [3.63, 3.8) is 0 Å². The summed E-state index contributed by atoms with van der Waals surface area (Å²) < 4.78 is 7.21. The van der Waals surface area contributed by atoms with E-state index in [-0.39, 0.29) is 0 Å². The molecule has 3 heterocycles. The van der Waals surface area contributed by atoms with Crippen LogP contribution in [0.2, 0.25) is 0 Å². The molecule has 26 aromatic rings. The first-order valence-corrected chi connectivity index (χ1v) is 44.9. The van der Waals surface area contributed by atoms with Crippen molar-refractivity contribution in [1.29, 1.82) is 0 Å². The summed E-state index contributed by atoms with van der Waals surface area (Å²) in [5.74, 6) is 0. The minimum absolute atomic E-state index is 1.16. The zero-order valence-electron chi connectivity index (χ0n) is 71.7. The molecule has 0 aliphatic rings. The van der Waals surface area contributed by atoms with Crippen LogP contribution < -0.4 is 0 Å². The maximum atomic E-state index is 2.41. The summed E-state index contributed by atoms with van der Waals surface area (Å²) in [7, 11) is 0. The van der Waals surface area contributed by atoms with Gasteiger partial charge in [0.2, 0.25) is 0 Å². The van der Waals surface area contributed by atoms with Gasteiger partial charge in [0.15, 0.2) is 0 Å². The summed E-state index contributed by atoms with van der Waals surface area (Å²) >= 11 is 0. The van der Waals surface area contributed by atoms with Gasteiger partial charge in [-0.15, -0.1) is 0 Å². The van der Waals surface area contributed by atoms with Crippen LogP contribution >= 0.6 is 0 Å². The first-order chi connectivity index (χ1) is 64.5. The third-order valence-corrected chi connectivity index (χ3v) is 26.6. The third kappa shape index (κ3) is 13.1. The molecular formula is C127H85N3. The lowest BCUT2D eigenvalue weighted by Gasteiger charge is -2.20. The summed E-state index contributed by atoms with van der Waals surface area (Å²) in [5.41, 5.74) is 32.1. The predicted octanol–water partition coefficient (Wildman–Crippen LogP) is 34.9. The van der Waals surface area contributed by atoms with Crippen LogP contribution in [0.15, 0.2) is 497 Å². The van der Waals surface area contributed by atoms with Crippen molar-refractivity contribution >= 4 is 130 Å². The maximum Gasteiger partial charge on any atom is 0.0541 e. The van der Waals surface area contributed by atoms with Gasteiger partial charge in [0.25, 0.3) is 0 Å². The lowest BCUT2D eigenvalue weighted by Crippen LogP contribution is -1.95. The van der Waals surface area contributed by atoms with E-state index >= 15 is 0 Å². The highest BCUT2D eigenvalue weighted by atomic mass is 15.0. The molecule has 0 amide bonds. The molecule has 0 N–H and O–H groups in total. The molecule has 130 heavy (non-hydrogen) atoms. The monoisotopic (exact) mass is 1650 g/mol. The van der Waals surface area contributed by atoms with E-state index in [4.69, 9.17) is 0 Å². The first kappa shape index (κ1) is 76.7. The summed E-state index contributed by atoms with van der Waals surface area (Å²) in [6.45, 7) is 2.15. The van der Waals surface area contributed by atoms with E-state index in [1.807, 2.05) is 0 Å². The minimum atomic E-state index is 1.16. The van der Waals surface area contributed by atoms with Crippen LogP contribution in [0, 0.1) is 6.92 Å². The van der Waals surface area contributed by atoms with Gasteiger partial charge in [0.05, 0.1) is 33.1 Å². The van der Waals surface area contributed by atoms with Gasteiger partial charge in [0, 0.05) is 49.4 Å². The van der Waals surface area contributed by atoms with Crippen molar-refractivity contribution in [3.8, 4) is 106 Å². The molecule has 0 saturated carbocycles. The van der Waals surface area contributed by atoms with E-state index in [0.717, 1.165) is 11.4 Å². The number of para-hydroxylation sites is 6. The molecule has 0 atom stereocenters. The molecule has 608 valence electrons. The molecule has 0 spiro atoms. The van der Waals surface area contributed by atoms with Crippen molar-refractivity contribution in [3.05, 3.63) is 503 Å². The molecule has 0 bridgehead atoms.